The summed E-state index contributed by atoms with van der Waals surface area (Å²) in [6.45, 7) is 4.29. The first kappa shape index (κ1) is 18.1. The lowest BCUT2D eigenvalue weighted by molar-refractivity contribution is -0.145. The van der Waals surface area contributed by atoms with Crippen LogP contribution in [0.4, 0.5) is 0 Å². The number of nitrogens with one attached hydrogen (secondary N) is 2. The van der Waals surface area contributed by atoms with Crippen LogP contribution in [-0.4, -0.2) is 40.6 Å². The van der Waals surface area contributed by atoms with E-state index in [1.165, 1.54) is 0 Å². The van der Waals surface area contributed by atoms with E-state index in [1.807, 2.05) is 30.3 Å². The van der Waals surface area contributed by atoms with E-state index in [9.17, 15) is 9.59 Å². The van der Waals surface area contributed by atoms with Gasteiger partial charge in [0.2, 0.25) is 5.91 Å². The third-order valence-electron chi connectivity index (χ3n) is 4.58. The number of nitrogens with two attached hydrogens (primary N) is 1. The molecule has 3 rings (SSSR count). The molecule has 2 aromatic rings. The molecule has 2 unspecified atom stereocenters. The second-order valence-corrected chi connectivity index (χ2v) is 6.19. The van der Waals surface area contributed by atoms with Crippen molar-refractivity contribution in [3.8, 4) is 11.3 Å². The van der Waals surface area contributed by atoms with Crippen LogP contribution in [0, 0.1) is 0 Å². The van der Waals surface area contributed by atoms with Crippen LogP contribution >= 0.6 is 0 Å². The number of hydrazine groups is 1. The number of ether oxygens (including phenoxy) is 1. The predicted octanol–water partition coefficient (Wildman–Crippen LogP) is 0.720. The van der Waals surface area contributed by atoms with Gasteiger partial charge in [0.15, 0.2) is 0 Å². The van der Waals surface area contributed by atoms with E-state index in [-0.39, 0.29) is 11.9 Å². The number of rotatable bonds is 6. The summed E-state index contributed by atoms with van der Waals surface area (Å²) >= 11 is 0. The predicted molar refractivity (Wildman–Crippen MR) is 95.9 cm³/mol. The lowest BCUT2D eigenvalue weighted by atomic mass is 9.93. The number of hydrogen-bond donors (Lipinski definition) is 3. The monoisotopic (exact) mass is 357 g/mol. The fourth-order valence-corrected chi connectivity index (χ4v) is 3.21. The molecular weight excluding hydrogens is 334 g/mol. The highest BCUT2D eigenvalue weighted by Crippen LogP contribution is 2.33. The minimum Gasteiger partial charge on any atom is -0.465 e. The van der Waals surface area contributed by atoms with E-state index in [0.717, 1.165) is 17.0 Å². The molecule has 26 heavy (non-hydrogen) atoms. The largest absolute Gasteiger partial charge is 0.465 e. The van der Waals surface area contributed by atoms with Gasteiger partial charge in [-0.1, -0.05) is 30.3 Å². The molecule has 0 spiro atoms. The summed E-state index contributed by atoms with van der Waals surface area (Å²) in [7, 11) is 0. The topological polar surface area (TPSA) is 111 Å². The van der Waals surface area contributed by atoms with Gasteiger partial charge in [0.05, 0.1) is 24.3 Å². The third-order valence-corrected chi connectivity index (χ3v) is 4.58. The highest BCUT2D eigenvalue weighted by molar-refractivity contribution is 5.80. The highest BCUT2D eigenvalue weighted by Gasteiger charge is 2.39. The van der Waals surface area contributed by atoms with Crippen molar-refractivity contribution in [2.24, 2.45) is 5.73 Å². The molecule has 8 heteroatoms. The quantitative estimate of drug-likeness (QED) is 0.657. The first-order valence-electron chi connectivity index (χ1n) is 8.61. The molecule has 3 atom stereocenters. The van der Waals surface area contributed by atoms with Crippen LogP contribution in [0.2, 0.25) is 0 Å². The van der Waals surface area contributed by atoms with Crippen LogP contribution in [0.15, 0.2) is 36.7 Å². The maximum absolute atomic E-state index is 12.4. The molecule has 1 saturated heterocycles. The van der Waals surface area contributed by atoms with Crippen molar-refractivity contribution in [1.29, 1.82) is 0 Å². The van der Waals surface area contributed by atoms with Gasteiger partial charge >= 0.3 is 5.97 Å². The molecule has 2 heterocycles. The van der Waals surface area contributed by atoms with Crippen molar-refractivity contribution in [2.75, 3.05) is 13.2 Å². The van der Waals surface area contributed by atoms with Crippen LogP contribution in [0.5, 0.6) is 0 Å². The minimum atomic E-state index is -0.585. The number of hydrogen-bond acceptors (Lipinski definition) is 6. The minimum absolute atomic E-state index is 0.256. The van der Waals surface area contributed by atoms with Gasteiger partial charge in [-0.25, -0.2) is 10.4 Å². The third kappa shape index (κ3) is 3.33. The Morgan fingerprint density at radius 1 is 1.38 bits per heavy atom. The normalized spacial score (nSPS) is 20.7. The Bertz CT molecular complexity index is 789. The van der Waals surface area contributed by atoms with Gasteiger partial charge in [-0.15, -0.1) is 0 Å². The van der Waals surface area contributed by atoms with Crippen LogP contribution < -0.4 is 16.6 Å². The number of benzene rings is 1. The molecule has 0 bridgehead atoms. The lowest BCUT2D eigenvalue weighted by Gasteiger charge is -2.22. The average Bonchev–Trinajstić information content (AvgIpc) is 3.28. The van der Waals surface area contributed by atoms with Crippen molar-refractivity contribution < 1.29 is 14.3 Å². The zero-order valence-electron chi connectivity index (χ0n) is 14.8. The Balaban J connectivity index is 2.09. The summed E-state index contributed by atoms with van der Waals surface area (Å²) in [4.78, 5) is 28.7. The summed E-state index contributed by atoms with van der Waals surface area (Å²) in [6.07, 6.45) is 1.60. The molecule has 0 radical (unpaired) electrons. The smallest absolute Gasteiger partial charge is 0.325 e. The standard InChI is InChI=1S/C18H23N5O3/c1-3-26-18(25)15-13(9-21-22-15)16-14(12-7-5-4-6-8-12)20-10-23(16)11(2)17(19)24/h4-8,10-11,13,15,21-22H,3,9H2,1-2H3,(H2,19,24)/t11-,13?,15?/m1/s1. The Kier molecular flexibility index (Phi) is 5.34. The number of primary amides is 1. The number of nitrogens with zero attached hydrogens (tertiary/aromatic N) is 2. The fourth-order valence-electron chi connectivity index (χ4n) is 3.21. The molecule has 138 valence electrons. The first-order valence-corrected chi connectivity index (χ1v) is 8.61. The Morgan fingerprint density at radius 2 is 2.12 bits per heavy atom. The number of carbonyl (C=O) groups is 2. The van der Waals surface area contributed by atoms with Gasteiger partial charge in [-0.2, -0.15) is 0 Å². The van der Waals surface area contributed by atoms with Crippen molar-refractivity contribution in [3.63, 3.8) is 0 Å². The van der Waals surface area contributed by atoms with Crippen LogP contribution in [0.25, 0.3) is 11.3 Å². The fraction of sp³-hybridized carbons (Fsp3) is 0.389. The number of carbonyl (C=O) groups excluding carboxylic acids is 2. The molecule has 8 nitrogen and oxygen atoms in total. The van der Waals surface area contributed by atoms with Crippen molar-refractivity contribution >= 4 is 11.9 Å². The van der Waals surface area contributed by atoms with E-state index in [0.29, 0.717) is 13.2 Å². The van der Waals surface area contributed by atoms with E-state index in [1.54, 1.807) is 24.7 Å². The summed E-state index contributed by atoms with van der Waals surface area (Å²) in [5, 5.41) is 0. The molecule has 1 aromatic carbocycles. The van der Waals surface area contributed by atoms with E-state index in [4.69, 9.17) is 10.5 Å². The van der Waals surface area contributed by atoms with Gasteiger partial charge in [-0.3, -0.25) is 15.0 Å². The van der Waals surface area contributed by atoms with Gasteiger partial charge in [0, 0.05) is 18.0 Å². The summed E-state index contributed by atoms with van der Waals surface area (Å²) in [5.74, 6) is -1.07. The van der Waals surface area contributed by atoms with Gasteiger partial charge in [-0.05, 0) is 13.8 Å². The molecule has 1 amide bonds. The number of amides is 1. The van der Waals surface area contributed by atoms with Crippen molar-refractivity contribution in [2.45, 2.75) is 31.8 Å². The summed E-state index contributed by atoms with van der Waals surface area (Å²) < 4.78 is 6.93. The van der Waals surface area contributed by atoms with E-state index in [2.05, 4.69) is 15.8 Å². The van der Waals surface area contributed by atoms with Crippen LogP contribution in [0.1, 0.15) is 31.5 Å². The zero-order chi connectivity index (χ0) is 18.7. The van der Waals surface area contributed by atoms with Crippen molar-refractivity contribution in [1.82, 2.24) is 20.4 Å². The highest BCUT2D eigenvalue weighted by atomic mass is 16.5. The Labute approximate surface area is 151 Å². The molecule has 1 fully saturated rings. The zero-order valence-corrected chi connectivity index (χ0v) is 14.8. The second kappa shape index (κ2) is 7.67. The molecule has 1 aliphatic heterocycles. The summed E-state index contributed by atoms with van der Waals surface area (Å²) in [6, 6.07) is 8.49. The number of aromatic nitrogens is 2. The van der Waals surface area contributed by atoms with E-state index >= 15 is 0 Å². The molecule has 0 saturated carbocycles. The van der Waals surface area contributed by atoms with E-state index < -0.39 is 18.0 Å². The summed E-state index contributed by atoms with van der Waals surface area (Å²) in [5.41, 5.74) is 13.9. The molecule has 0 aliphatic carbocycles. The van der Waals surface area contributed by atoms with Crippen LogP contribution in [-0.2, 0) is 14.3 Å². The molecule has 4 N–H and O–H groups in total. The van der Waals surface area contributed by atoms with Gasteiger partial charge in [0.25, 0.3) is 0 Å². The SMILES string of the molecule is CCOC(=O)C1NNCC1c1c(-c2ccccc2)ncn1[C@H](C)C(N)=O. The van der Waals surface area contributed by atoms with Gasteiger partial charge < -0.3 is 15.0 Å². The number of imidazole rings is 1. The second-order valence-electron chi connectivity index (χ2n) is 6.19. The van der Waals surface area contributed by atoms with Crippen molar-refractivity contribution in [3.05, 3.63) is 42.4 Å². The maximum Gasteiger partial charge on any atom is 0.325 e. The Morgan fingerprint density at radius 3 is 2.77 bits per heavy atom. The molecular formula is C18H23N5O3. The average molecular weight is 357 g/mol. The lowest BCUT2D eigenvalue weighted by Crippen LogP contribution is -2.40. The molecule has 1 aromatic heterocycles. The van der Waals surface area contributed by atoms with Gasteiger partial charge in [0.1, 0.15) is 12.1 Å². The first-order chi connectivity index (χ1) is 12.5. The molecule has 1 aliphatic rings. The van der Waals surface area contributed by atoms with Crippen LogP contribution in [0.3, 0.4) is 0 Å². The number of esters is 1. The Hall–Kier alpha value is -2.71. The maximum atomic E-state index is 12.4.